The molecule has 0 bridgehead atoms. The number of benzene rings is 1. The lowest BCUT2D eigenvalue weighted by molar-refractivity contribution is 0.0575. The highest BCUT2D eigenvalue weighted by molar-refractivity contribution is 5.95. The molecule has 3 aromatic rings. The summed E-state index contributed by atoms with van der Waals surface area (Å²) in [6.07, 6.45) is 4.37. The maximum atomic E-state index is 13.1. The fraction of sp³-hybridized carbons (Fsp3) is 0.500. The first kappa shape index (κ1) is 32.0. The van der Waals surface area contributed by atoms with E-state index in [1.807, 2.05) is 13.0 Å². The van der Waals surface area contributed by atoms with Crippen LogP contribution in [0.1, 0.15) is 63.4 Å². The molecule has 4 heterocycles. The van der Waals surface area contributed by atoms with E-state index in [2.05, 4.69) is 21.4 Å². The van der Waals surface area contributed by atoms with Crippen molar-refractivity contribution < 1.29 is 28.8 Å². The monoisotopic (exact) mass is 617 g/mol. The molecule has 2 aliphatic heterocycles. The van der Waals surface area contributed by atoms with Crippen LogP contribution < -0.4 is 15.0 Å². The topological polar surface area (TPSA) is 165 Å². The van der Waals surface area contributed by atoms with E-state index in [-0.39, 0.29) is 30.6 Å². The van der Waals surface area contributed by atoms with Crippen LogP contribution in [0.25, 0.3) is 11.3 Å². The van der Waals surface area contributed by atoms with E-state index < -0.39 is 17.1 Å². The summed E-state index contributed by atoms with van der Waals surface area (Å²) in [5.74, 6) is 1.51. The third-order valence-corrected chi connectivity index (χ3v) is 7.70. The van der Waals surface area contributed by atoms with Crippen molar-refractivity contribution >= 4 is 23.4 Å². The molecule has 1 amide bonds. The fourth-order valence-electron chi connectivity index (χ4n) is 5.39. The molecule has 2 aliphatic rings. The number of methoxy groups -OCH3 is 1. The maximum Gasteiger partial charge on any atom is 0.414 e. The molecule has 0 unspecified atom stereocenters. The van der Waals surface area contributed by atoms with Gasteiger partial charge in [0, 0.05) is 50.0 Å². The Morgan fingerprint density at radius 3 is 2.69 bits per heavy atom. The van der Waals surface area contributed by atoms with Crippen LogP contribution in [0.3, 0.4) is 0 Å². The van der Waals surface area contributed by atoms with Gasteiger partial charge in [-0.05, 0) is 57.4 Å². The number of rotatable bonds is 9. The summed E-state index contributed by atoms with van der Waals surface area (Å²) in [6.45, 7) is 9.15. The number of nitrogens with one attached hydrogen (secondary N) is 1. The highest BCUT2D eigenvalue weighted by Crippen LogP contribution is 2.45. The zero-order valence-electron chi connectivity index (χ0n) is 26.3. The number of fused-ring (bicyclic) bond motifs is 1. The molecule has 1 fully saturated rings. The quantitative estimate of drug-likeness (QED) is 0.324. The van der Waals surface area contributed by atoms with Crippen LogP contribution in [0.4, 0.5) is 22.1 Å². The van der Waals surface area contributed by atoms with Crippen LogP contribution in [0.15, 0.2) is 30.6 Å². The Balaban J connectivity index is 1.47. The predicted octanol–water partition coefficient (Wildman–Crippen LogP) is 4.47. The van der Waals surface area contributed by atoms with Gasteiger partial charge < -0.3 is 29.4 Å². The van der Waals surface area contributed by atoms with Crippen LogP contribution in [-0.4, -0.2) is 83.4 Å². The Morgan fingerprint density at radius 2 is 2.00 bits per heavy atom. The molecule has 0 saturated carbocycles. The van der Waals surface area contributed by atoms with Crippen molar-refractivity contribution in [3.8, 4) is 23.2 Å². The van der Waals surface area contributed by atoms with E-state index >= 15 is 0 Å². The minimum Gasteiger partial charge on any atom is -0.474 e. The number of amides is 1. The molecule has 1 aromatic carbocycles. The largest absolute Gasteiger partial charge is 0.474 e. The van der Waals surface area contributed by atoms with Crippen molar-refractivity contribution in [1.29, 1.82) is 5.26 Å². The number of nitrogens with zero attached hydrogens (tertiary/aromatic N) is 6. The van der Waals surface area contributed by atoms with Gasteiger partial charge in [-0.2, -0.15) is 10.2 Å². The SMILES string of the molecule is COCCOc1nc(C2CCOCC2)ncc1Nc1nccc(-c2cc(C#N)c3c(c2)[C@@](C)(CO)CN3C(=O)OC(C)(C)C)n1. The van der Waals surface area contributed by atoms with Crippen LogP contribution in [0.2, 0.25) is 0 Å². The standard InChI is InChI=1S/C32H39N7O6/c1-31(2,3)45-30(41)39-18-32(4,19-40)23-15-21(14-22(16-33)26(23)39)24-6-9-34-29(36-24)37-25-17-35-27(20-7-10-43-11-8-20)38-28(25)44-13-12-42-5/h6,9,14-15,17,20,40H,7-8,10-13,18-19H2,1-5H3,(H,34,36,37)/t32-/m1/s1. The van der Waals surface area contributed by atoms with E-state index in [0.29, 0.717) is 66.3 Å². The van der Waals surface area contributed by atoms with Crippen molar-refractivity contribution in [2.45, 2.75) is 57.5 Å². The van der Waals surface area contributed by atoms with Crippen LogP contribution in [0.5, 0.6) is 5.88 Å². The number of aliphatic hydroxyl groups is 1. The lowest BCUT2D eigenvalue weighted by Crippen LogP contribution is -2.40. The van der Waals surface area contributed by atoms with Gasteiger partial charge in [0.25, 0.3) is 0 Å². The number of ether oxygens (including phenoxy) is 4. The molecule has 238 valence electrons. The molecule has 1 saturated heterocycles. The summed E-state index contributed by atoms with van der Waals surface area (Å²) < 4.78 is 22.2. The molecule has 45 heavy (non-hydrogen) atoms. The van der Waals surface area contributed by atoms with Crippen molar-refractivity contribution in [3.63, 3.8) is 0 Å². The van der Waals surface area contributed by atoms with Gasteiger partial charge in [-0.15, -0.1) is 0 Å². The average Bonchev–Trinajstić information content (AvgIpc) is 3.34. The van der Waals surface area contributed by atoms with Gasteiger partial charge in [0.2, 0.25) is 11.8 Å². The highest BCUT2D eigenvalue weighted by atomic mass is 16.6. The highest BCUT2D eigenvalue weighted by Gasteiger charge is 2.44. The molecular formula is C32H39N7O6. The number of carbonyl (C=O) groups excluding carboxylic acids is 1. The van der Waals surface area contributed by atoms with Gasteiger partial charge in [-0.3, -0.25) is 4.90 Å². The molecule has 0 radical (unpaired) electrons. The first-order chi connectivity index (χ1) is 21.5. The normalized spacial score (nSPS) is 18.3. The number of aliphatic hydroxyl groups excluding tert-OH is 1. The lowest BCUT2D eigenvalue weighted by atomic mass is 9.83. The first-order valence-corrected chi connectivity index (χ1v) is 14.9. The lowest BCUT2D eigenvalue weighted by Gasteiger charge is -2.26. The second kappa shape index (κ2) is 13.3. The number of carbonyl (C=O) groups is 1. The van der Waals surface area contributed by atoms with Crippen LogP contribution in [-0.2, 0) is 19.6 Å². The molecule has 5 rings (SSSR count). The van der Waals surface area contributed by atoms with Gasteiger partial charge in [0.1, 0.15) is 29.8 Å². The third-order valence-electron chi connectivity index (χ3n) is 7.70. The summed E-state index contributed by atoms with van der Waals surface area (Å²) in [6, 6.07) is 7.48. The molecule has 2 N–H and O–H groups in total. The summed E-state index contributed by atoms with van der Waals surface area (Å²) in [5.41, 5.74) is 1.46. The molecule has 2 aromatic heterocycles. The van der Waals surface area contributed by atoms with Gasteiger partial charge >= 0.3 is 6.09 Å². The summed E-state index contributed by atoms with van der Waals surface area (Å²) in [4.78, 5) is 33.0. The number of nitriles is 1. The third kappa shape index (κ3) is 7.14. The predicted molar refractivity (Wildman–Crippen MR) is 166 cm³/mol. The molecule has 13 nitrogen and oxygen atoms in total. The van der Waals surface area contributed by atoms with Crippen LogP contribution >= 0.6 is 0 Å². The van der Waals surface area contributed by atoms with E-state index in [1.165, 1.54) is 4.90 Å². The Bertz CT molecular complexity index is 1580. The summed E-state index contributed by atoms with van der Waals surface area (Å²) >= 11 is 0. The van der Waals surface area contributed by atoms with Gasteiger partial charge in [-0.1, -0.05) is 6.92 Å². The van der Waals surface area contributed by atoms with E-state index in [1.54, 1.807) is 52.4 Å². The zero-order valence-corrected chi connectivity index (χ0v) is 26.3. The summed E-state index contributed by atoms with van der Waals surface area (Å²) in [5, 5.41) is 23.7. The van der Waals surface area contributed by atoms with Gasteiger partial charge in [0.05, 0.1) is 36.4 Å². The molecule has 0 spiro atoms. The maximum absolute atomic E-state index is 13.1. The second-order valence-electron chi connectivity index (χ2n) is 12.4. The van der Waals surface area contributed by atoms with E-state index in [9.17, 15) is 15.2 Å². The molecule has 13 heteroatoms. The van der Waals surface area contributed by atoms with E-state index in [4.69, 9.17) is 28.9 Å². The minimum absolute atomic E-state index is 0.165. The molecule has 0 aliphatic carbocycles. The Morgan fingerprint density at radius 1 is 1.22 bits per heavy atom. The van der Waals surface area contributed by atoms with E-state index in [0.717, 1.165) is 12.8 Å². The number of hydrogen-bond donors (Lipinski definition) is 2. The smallest absolute Gasteiger partial charge is 0.414 e. The zero-order chi connectivity index (χ0) is 32.2. The Kier molecular flexibility index (Phi) is 9.48. The molecule has 1 atom stereocenters. The number of anilines is 3. The van der Waals surface area contributed by atoms with Crippen molar-refractivity contribution in [3.05, 3.63) is 47.5 Å². The number of aromatic nitrogens is 4. The first-order valence-electron chi connectivity index (χ1n) is 14.9. The second-order valence-corrected chi connectivity index (χ2v) is 12.4. The Labute approximate surface area is 262 Å². The minimum atomic E-state index is -0.819. The van der Waals surface area contributed by atoms with Gasteiger partial charge in [-0.25, -0.2) is 19.7 Å². The summed E-state index contributed by atoms with van der Waals surface area (Å²) in [7, 11) is 1.60. The average molecular weight is 618 g/mol. The van der Waals surface area contributed by atoms with Crippen LogP contribution in [0, 0.1) is 11.3 Å². The van der Waals surface area contributed by atoms with Crippen molar-refractivity contribution in [2.24, 2.45) is 0 Å². The van der Waals surface area contributed by atoms with Crippen molar-refractivity contribution in [1.82, 2.24) is 19.9 Å². The Hall–Kier alpha value is -4.38. The fourth-order valence-corrected chi connectivity index (χ4v) is 5.39. The van der Waals surface area contributed by atoms with Crippen molar-refractivity contribution in [2.75, 3.05) is 56.9 Å². The molecular weight excluding hydrogens is 578 g/mol. The van der Waals surface area contributed by atoms with Gasteiger partial charge in [0.15, 0.2) is 0 Å². The number of hydrogen-bond acceptors (Lipinski definition) is 12.